The molecule has 0 aliphatic carbocycles. The Hall–Kier alpha value is -3.46. The molecule has 0 unspecified atom stereocenters. The van der Waals surface area contributed by atoms with Crippen molar-refractivity contribution < 1.29 is 4.52 Å². The lowest BCUT2D eigenvalue weighted by molar-refractivity contribution is 0.416. The summed E-state index contributed by atoms with van der Waals surface area (Å²) >= 11 is 6.10. The number of hydrogen-bond donors (Lipinski definition) is 1. The second kappa shape index (κ2) is 7.42. The van der Waals surface area contributed by atoms with Crippen LogP contribution in [0.4, 0.5) is 5.95 Å². The number of aromatic amines is 1. The van der Waals surface area contributed by atoms with Crippen LogP contribution in [0.25, 0.3) is 22.7 Å². The fraction of sp³-hybridized carbons (Fsp3) is 0.250. The molecular weight excluding hydrogens is 406 g/mol. The highest BCUT2D eigenvalue weighted by Crippen LogP contribution is 2.37. The molecule has 1 N–H and O–H groups in total. The van der Waals surface area contributed by atoms with Crippen molar-refractivity contribution in [3.63, 3.8) is 0 Å². The Labute approximate surface area is 176 Å². The molecule has 0 radical (unpaired) electrons. The fourth-order valence-corrected chi connectivity index (χ4v) is 4.05. The van der Waals surface area contributed by atoms with E-state index in [1.807, 2.05) is 41.9 Å². The molecule has 1 saturated heterocycles. The Balaban J connectivity index is 1.46. The smallest absolute Gasteiger partial charge is 0.264 e. The number of aromatic nitrogens is 6. The minimum absolute atomic E-state index is 0.0229. The summed E-state index contributed by atoms with van der Waals surface area (Å²) in [6, 6.07) is 10.9. The molecule has 5 rings (SSSR count). The molecule has 1 aromatic carbocycles. The van der Waals surface area contributed by atoms with Gasteiger partial charge in [-0.05, 0) is 25.0 Å². The van der Waals surface area contributed by atoms with Crippen LogP contribution in [0.1, 0.15) is 24.6 Å². The molecule has 1 aliphatic heterocycles. The van der Waals surface area contributed by atoms with E-state index in [1.165, 1.54) is 6.07 Å². The molecule has 3 aromatic heterocycles. The number of H-pyrrole nitrogens is 1. The summed E-state index contributed by atoms with van der Waals surface area (Å²) in [6.07, 6.45) is 3.49. The van der Waals surface area contributed by atoms with Crippen LogP contribution in [0.5, 0.6) is 0 Å². The highest BCUT2D eigenvalue weighted by molar-refractivity contribution is 6.30. The van der Waals surface area contributed by atoms with Gasteiger partial charge in [-0.2, -0.15) is 5.10 Å². The maximum absolute atomic E-state index is 11.6. The van der Waals surface area contributed by atoms with Crippen molar-refractivity contribution in [2.75, 3.05) is 11.4 Å². The predicted molar refractivity (Wildman–Crippen MR) is 111 cm³/mol. The van der Waals surface area contributed by atoms with E-state index in [1.54, 1.807) is 6.20 Å². The van der Waals surface area contributed by atoms with Crippen LogP contribution in [-0.4, -0.2) is 36.7 Å². The summed E-state index contributed by atoms with van der Waals surface area (Å²) in [5.74, 6) is 1.96. The molecule has 0 spiro atoms. The number of benzene rings is 1. The van der Waals surface area contributed by atoms with Crippen molar-refractivity contribution in [3.8, 4) is 22.7 Å². The van der Waals surface area contributed by atoms with Gasteiger partial charge in [0.2, 0.25) is 5.95 Å². The molecule has 30 heavy (non-hydrogen) atoms. The molecule has 1 fully saturated rings. The third kappa shape index (κ3) is 3.26. The van der Waals surface area contributed by atoms with Crippen molar-refractivity contribution >= 4 is 17.5 Å². The fourth-order valence-electron chi connectivity index (χ4n) is 3.86. The minimum atomic E-state index is -0.285. The Morgan fingerprint density at radius 1 is 1.20 bits per heavy atom. The second-order valence-electron chi connectivity index (χ2n) is 7.19. The van der Waals surface area contributed by atoms with E-state index in [-0.39, 0.29) is 11.6 Å². The third-order valence-electron chi connectivity index (χ3n) is 5.26. The molecule has 0 saturated carbocycles. The Kier molecular flexibility index (Phi) is 4.59. The molecule has 4 heterocycles. The van der Waals surface area contributed by atoms with Crippen LogP contribution in [0.3, 0.4) is 0 Å². The number of anilines is 1. The molecule has 1 aliphatic rings. The Morgan fingerprint density at radius 3 is 2.93 bits per heavy atom. The van der Waals surface area contributed by atoms with Crippen LogP contribution in [0.2, 0.25) is 5.02 Å². The monoisotopic (exact) mass is 423 g/mol. The van der Waals surface area contributed by atoms with E-state index < -0.39 is 0 Å². The average Bonchev–Trinajstić information content (AvgIpc) is 3.47. The van der Waals surface area contributed by atoms with E-state index >= 15 is 0 Å². The Morgan fingerprint density at radius 2 is 2.10 bits per heavy atom. The van der Waals surface area contributed by atoms with Gasteiger partial charge >= 0.3 is 0 Å². The van der Waals surface area contributed by atoms with Crippen LogP contribution in [0.15, 0.2) is 51.9 Å². The number of nitrogens with zero attached hydrogens (tertiary/aromatic N) is 6. The first-order valence-corrected chi connectivity index (χ1v) is 9.91. The number of nitrogens with one attached hydrogen (secondary N) is 1. The van der Waals surface area contributed by atoms with Crippen molar-refractivity contribution in [3.05, 3.63) is 63.7 Å². The minimum Gasteiger partial charge on any atom is -0.356 e. The standard InChI is InChI=1S/C20H18ClN7O2/c1-27-19(13-9-18(29)23-22-11-13)24-25-20(27)28-7-3-6-16(28)15-10-17(30-26-15)12-4-2-5-14(21)8-12/h2,4-5,8-11,16H,3,6-7H2,1H3,(H,23,29)/t16-/m1/s1. The van der Waals surface area contributed by atoms with Crippen LogP contribution in [-0.2, 0) is 7.05 Å². The molecule has 9 nitrogen and oxygen atoms in total. The lowest BCUT2D eigenvalue weighted by Gasteiger charge is -2.23. The van der Waals surface area contributed by atoms with E-state index in [9.17, 15) is 4.79 Å². The maximum Gasteiger partial charge on any atom is 0.264 e. The largest absolute Gasteiger partial charge is 0.356 e. The summed E-state index contributed by atoms with van der Waals surface area (Å²) < 4.78 is 7.46. The predicted octanol–water partition coefficient (Wildman–Crippen LogP) is 3.22. The zero-order valence-electron chi connectivity index (χ0n) is 16.1. The SMILES string of the molecule is Cn1c(-c2cn[nH]c(=O)c2)nnc1N1CCC[C@@H]1c1cc(-c2cccc(Cl)c2)on1. The van der Waals surface area contributed by atoms with Gasteiger partial charge in [-0.3, -0.25) is 9.36 Å². The number of halogens is 1. The van der Waals surface area contributed by atoms with E-state index in [0.29, 0.717) is 28.1 Å². The van der Waals surface area contributed by atoms with Gasteiger partial charge < -0.3 is 9.42 Å². The highest BCUT2D eigenvalue weighted by Gasteiger charge is 2.32. The number of hydrogen-bond acceptors (Lipinski definition) is 7. The lowest BCUT2D eigenvalue weighted by Crippen LogP contribution is -2.25. The Bertz CT molecular complexity index is 1260. The molecule has 1 atom stereocenters. The van der Waals surface area contributed by atoms with Crippen LogP contribution >= 0.6 is 11.6 Å². The molecule has 0 amide bonds. The van der Waals surface area contributed by atoms with Crippen LogP contribution in [0, 0.1) is 0 Å². The molecular formula is C20H18ClN7O2. The second-order valence-corrected chi connectivity index (χ2v) is 7.63. The van der Waals surface area contributed by atoms with Gasteiger partial charge in [-0.15, -0.1) is 10.2 Å². The van der Waals surface area contributed by atoms with Gasteiger partial charge in [0, 0.05) is 41.9 Å². The van der Waals surface area contributed by atoms with Crippen molar-refractivity contribution in [2.24, 2.45) is 7.05 Å². The summed E-state index contributed by atoms with van der Waals surface area (Å²) in [6.45, 7) is 0.823. The molecule has 10 heteroatoms. The summed E-state index contributed by atoms with van der Waals surface area (Å²) in [7, 11) is 1.88. The van der Waals surface area contributed by atoms with E-state index in [0.717, 1.165) is 30.6 Å². The number of rotatable bonds is 4. The quantitative estimate of drug-likeness (QED) is 0.537. The van der Waals surface area contributed by atoms with Crippen molar-refractivity contribution in [1.29, 1.82) is 0 Å². The first kappa shape index (κ1) is 18.6. The molecule has 4 aromatic rings. The topological polar surface area (TPSA) is 106 Å². The maximum atomic E-state index is 11.6. The van der Waals surface area contributed by atoms with Gasteiger partial charge in [0.15, 0.2) is 11.6 Å². The zero-order chi connectivity index (χ0) is 20.7. The van der Waals surface area contributed by atoms with Crippen molar-refractivity contribution in [1.82, 2.24) is 30.1 Å². The average molecular weight is 424 g/mol. The third-order valence-corrected chi connectivity index (χ3v) is 5.50. The molecule has 0 bridgehead atoms. The summed E-state index contributed by atoms with van der Waals surface area (Å²) in [5, 5.41) is 19.8. The summed E-state index contributed by atoms with van der Waals surface area (Å²) in [4.78, 5) is 13.8. The molecule has 152 valence electrons. The first-order valence-electron chi connectivity index (χ1n) is 9.54. The van der Waals surface area contributed by atoms with Crippen molar-refractivity contribution in [2.45, 2.75) is 18.9 Å². The normalized spacial score (nSPS) is 16.3. The van der Waals surface area contributed by atoms with Gasteiger partial charge in [0.25, 0.3) is 5.56 Å². The van der Waals surface area contributed by atoms with Gasteiger partial charge in [0.1, 0.15) is 5.69 Å². The van der Waals surface area contributed by atoms with Crippen LogP contribution < -0.4 is 10.5 Å². The zero-order valence-corrected chi connectivity index (χ0v) is 16.9. The van der Waals surface area contributed by atoms with Gasteiger partial charge in [-0.1, -0.05) is 28.9 Å². The highest BCUT2D eigenvalue weighted by atomic mass is 35.5. The summed E-state index contributed by atoms with van der Waals surface area (Å²) in [5.41, 5.74) is 2.05. The van der Waals surface area contributed by atoms with Gasteiger partial charge in [-0.25, -0.2) is 5.10 Å². The van der Waals surface area contributed by atoms with E-state index in [2.05, 4.69) is 30.5 Å². The lowest BCUT2D eigenvalue weighted by atomic mass is 10.1. The van der Waals surface area contributed by atoms with E-state index in [4.69, 9.17) is 16.1 Å². The van der Waals surface area contributed by atoms with Gasteiger partial charge in [0.05, 0.1) is 12.2 Å². The first-order chi connectivity index (χ1) is 14.6.